The largest absolute Gasteiger partial charge is 0.496 e. The summed E-state index contributed by atoms with van der Waals surface area (Å²) >= 11 is 0. The van der Waals surface area contributed by atoms with Crippen LogP contribution in [0.25, 0.3) is 0 Å². The van der Waals surface area contributed by atoms with Crippen LogP contribution in [-0.2, 0) is 11.2 Å². The molecule has 1 atom stereocenters. The van der Waals surface area contributed by atoms with Gasteiger partial charge in [0.1, 0.15) is 17.6 Å². The normalized spacial score (nSPS) is 11.9. The molecule has 2 aromatic rings. The van der Waals surface area contributed by atoms with E-state index in [2.05, 4.69) is 0 Å². The molecule has 0 radical (unpaired) electrons. The highest BCUT2D eigenvalue weighted by molar-refractivity contribution is 5.76. The summed E-state index contributed by atoms with van der Waals surface area (Å²) < 4.78 is 29.4. The fourth-order valence-electron chi connectivity index (χ4n) is 2.95. The topological polar surface area (TPSA) is 68.2 Å². The van der Waals surface area contributed by atoms with Gasteiger partial charge in [0, 0.05) is 12.1 Å². The van der Waals surface area contributed by atoms with Crippen LogP contribution < -0.4 is 14.2 Å². The van der Waals surface area contributed by atoms with Crippen LogP contribution in [-0.4, -0.2) is 50.9 Å². The van der Waals surface area contributed by atoms with Crippen molar-refractivity contribution in [3.05, 3.63) is 53.3 Å². The lowest BCUT2D eigenvalue weighted by Crippen LogP contribution is -2.32. The Bertz CT molecular complexity index is 796. The van der Waals surface area contributed by atoms with Crippen molar-refractivity contribution < 1.29 is 28.5 Å². The van der Waals surface area contributed by atoms with Gasteiger partial charge in [-0.3, -0.25) is 9.69 Å². The van der Waals surface area contributed by atoms with Gasteiger partial charge < -0.3 is 19.3 Å². The Labute approximate surface area is 158 Å². The van der Waals surface area contributed by atoms with E-state index in [0.717, 1.165) is 5.56 Å². The first-order valence-corrected chi connectivity index (χ1v) is 8.38. The molecule has 1 N–H and O–H groups in total. The highest BCUT2D eigenvalue weighted by atomic mass is 19.1. The molecule has 27 heavy (non-hydrogen) atoms. The molecule has 0 aliphatic heterocycles. The van der Waals surface area contributed by atoms with Gasteiger partial charge in [-0.15, -0.1) is 0 Å². The maximum atomic E-state index is 13.7. The summed E-state index contributed by atoms with van der Waals surface area (Å²) in [6.45, 7) is 0.437. The Morgan fingerprint density at radius 1 is 1.04 bits per heavy atom. The van der Waals surface area contributed by atoms with Crippen molar-refractivity contribution in [2.75, 3.05) is 34.9 Å². The first-order chi connectivity index (χ1) is 12.9. The fraction of sp³-hybridized carbons (Fsp3) is 0.350. The predicted octanol–water partition coefficient (Wildman–Crippen LogP) is 3.15. The van der Waals surface area contributed by atoms with E-state index >= 15 is 0 Å². The molecule has 0 aromatic heterocycles. The van der Waals surface area contributed by atoms with Crippen molar-refractivity contribution in [2.45, 2.75) is 12.5 Å². The molecular weight excluding hydrogens is 353 g/mol. The van der Waals surface area contributed by atoms with Gasteiger partial charge in [-0.25, -0.2) is 4.39 Å². The number of hydrogen-bond donors (Lipinski definition) is 1. The smallest absolute Gasteiger partial charge is 0.325 e. The average molecular weight is 377 g/mol. The molecule has 0 saturated carbocycles. The number of methoxy groups -OCH3 is 3. The number of halogens is 1. The van der Waals surface area contributed by atoms with Gasteiger partial charge >= 0.3 is 5.97 Å². The summed E-state index contributed by atoms with van der Waals surface area (Å²) in [5.74, 6) is -0.0115. The van der Waals surface area contributed by atoms with Crippen LogP contribution in [0.3, 0.4) is 0 Å². The maximum absolute atomic E-state index is 13.7. The number of carboxylic acids is 1. The third-order valence-electron chi connectivity index (χ3n) is 4.36. The van der Waals surface area contributed by atoms with Crippen LogP contribution >= 0.6 is 0 Å². The monoisotopic (exact) mass is 377 g/mol. The zero-order chi connectivity index (χ0) is 20.0. The molecule has 146 valence electrons. The van der Waals surface area contributed by atoms with Crippen molar-refractivity contribution in [3.8, 4) is 17.2 Å². The van der Waals surface area contributed by atoms with Crippen LogP contribution in [0.1, 0.15) is 17.2 Å². The van der Waals surface area contributed by atoms with Gasteiger partial charge in [-0.05, 0) is 49.4 Å². The lowest BCUT2D eigenvalue weighted by molar-refractivity contribution is -0.143. The molecule has 0 saturated heterocycles. The summed E-state index contributed by atoms with van der Waals surface area (Å²) in [6, 6.07) is 8.39. The number of rotatable bonds is 9. The van der Waals surface area contributed by atoms with Gasteiger partial charge in [-0.2, -0.15) is 0 Å². The lowest BCUT2D eigenvalue weighted by Gasteiger charge is -2.26. The van der Waals surface area contributed by atoms with Gasteiger partial charge in [-0.1, -0.05) is 6.07 Å². The van der Waals surface area contributed by atoms with E-state index in [1.165, 1.54) is 25.3 Å². The number of benzene rings is 2. The molecule has 6 nitrogen and oxygen atoms in total. The van der Waals surface area contributed by atoms with Crippen molar-refractivity contribution in [1.82, 2.24) is 4.90 Å². The molecule has 0 aliphatic rings. The fourth-order valence-corrected chi connectivity index (χ4v) is 2.95. The molecule has 0 amide bonds. The second-order valence-corrected chi connectivity index (χ2v) is 6.05. The Kier molecular flexibility index (Phi) is 7.01. The van der Waals surface area contributed by atoms with Crippen molar-refractivity contribution in [3.63, 3.8) is 0 Å². The van der Waals surface area contributed by atoms with Crippen LogP contribution in [0, 0.1) is 5.82 Å². The van der Waals surface area contributed by atoms with Crippen molar-refractivity contribution >= 4 is 5.97 Å². The molecule has 0 bridgehead atoms. The molecule has 1 unspecified atom stereocenters. The summed E-state index contributed by atoms with van der Waals surface area (Å²) in [6.07, 6.45) is 0.582. The molecule has 2 rings (SSSR count). The predicted molar refractivity (Wildman–Crippen MR) is 99.2 cm³/mol. The van der Waals surface area contributed by atoms with E-state index in [1.54, 1.807) is 32.2 Å². The summed E-state index contributed by atoms with van der Waals surface area (Å²) in [5, 5.41) is 9.70. The van der Waals surface area contributed by atoms with E-state index in [0.29, 0.717) is 30.2 Å². The Morgan fingerprint density at radius 3 is 2.26 bits per heavy atom. The van der Waals surface area contributed by atoms with Gasteiger partial charge in [0.2, 0.25) is 0 Å². The Balaban J connectivity index is 2.20. The average Bonchev–Trinajstić information content (AvgIpc) is 2.66. The third-order valence-corrected chi connectivity index (χ3v) is 4.36. The minimum atomic E-state index is -1.08. The standard InChI is InChI=1S/C20H24FNO5/c1-22(10-9-13-5-7-17(26-3)18(11-13)27-4)19(20(23)24)15-12-14(21)6-8-16(15)25-2/h5-8,11-12,19H,9-10H2,1-4H3,(H,23,24). The number of hydrogen-bond acceptors (Lipinski definition) is 5. The van der Waals surface area contributed by atoms with Crippen LogP contribution in [0.4, 0.5) is 4.39 Å². The number of likely N-dealkylation sites (N-methyl/N-ethyl adjacent to an activating group) is 1. The SMILES string of the molecule is COc1ccc(CCN(C)C(C(=O)O)c2cc(F)ccc2OC)cc1OC. The highest BCUT2D eigenvalue weighted by Gasteiger charge is 2.28. The van der Waals surface area contributed by atoms with E-state index in [1.807, 2.05) is 12.1 Å². The Hall–Kier alpha value is -2.80. The molecule has 0 spiro atoms. The van der Waals surface area contributed by atoms with Gasteiger partial charge in [0.15, 0.2) is 11.5 Å². The summed E-state index contributed by atoms with van der Waals surface area (Å²) in [4.78, 5) is 13.5. The van der Waals surface area contributed by atoms with Gasteiger partial charge in [0.25, 0.3) is 0 Å². The van der Waals surface area contributed by atoms with E-state index in [4.69, 9.17) is 14.2 Å². The molecule has 2 aromatic carbocycles. The lowest BCUT2D eigenvalue weighted by atomic mass is 10.0. The van der Waals surface area contributed by atoms with Crippen LogP contribution in [0.5, 0.6) is 17.2 Å². The first-order valence-electron chi connectivity index (χ1n) is 8.38. The minimum Gasteiger partial charge on any atom is -0.496 e. The first kappa shape index (κ1) is 20.5. The molecule has 0 heterocycles. The second-order valence-electron chi connectivity index (χ2n) is 6.05. The number of carboxylic acid groups (broad SMARTS) is 1. The Morgan fingerprint density at radius 2 is 1.67 bits per heavy atom. The quantitative estimate of drug-likeness (QED) is 0.724. The summed E-state index contributed by atoms with van der Waals surface area (Å²) in [5.41, 5.74) is 1.25. The van der Waals surface area contributed by atoms with E-state index < -0.39 is 17.8 Å². The van der Waals surface area contributed by atoms with Crippen LogP contribution in [0.2, 0.25) is 0 Å². The maximum Gasteiger partial charge on any atom is 0.325 e. The zero-order valence-corrected chi connectivity index (χ0v) is 15.9. The zero-order valence-electron chi connectivity index (χ0n) is 15.9. The number of carbonyl (C=O) groups is 1. The molecule has 0 fully saturated rings. The van der Waals surface area contributed by atoms with Crippen molar-refractivity contribution in [2.24, 2.45) is 0 Å². The molecule has 0 aliphatic carbocycles. The number of ether oxygens (including phenoxy) is 3. The second kappa shape index (κ2) is 9.23. The number of nitrogens with zero attached hydrogens (tertiary/aromatic N) is 1. The highest BCUT2D eigenvalue weighted by Crippen LogP contribution is 2.31. The van der Waals surface area contributed by atoms with Crippen LogP contribution in [0.15, 0.2) is 36.4 Å². The minimum absolute atomic E-state index is 0.278. The molecule has 7 heteroatoms. The summed E-state index contributed by atoms with van der Waals surface area (Å²) in [7, 11) is 6.24. The van der Waals surface area contributed by atoms with Crippen molar-refractivity contribution in [1.29, 1.82) is 0 Å². The third kappa shape index (κ3) is 4.89. The van der Waals surface area contributed by atoms with E-state index in [-0.39, 0.29) is 5.56 Å². The van der Waals surface area contributed by atoms with E-state index in [9.17, 15) is 14.3 Å². The van der Waals surface area contributed by atoms with Gasteiger partial charge in [0.05, 0.1) is 21.3 Å². The number of aliphatic carboxylic acids is 1. The molecular formula is C20H24FNO5.